The summed E-state index contributed by atoms with van der Waals surface area (Å²) >= 11 is 0. The number of nitrogens with one attached hydrogen (secondary N) is 2. The number of para-hydroxylation sites is 1. The van der Waals surface area contributed by atoms with E-state index in [0.29, 0.717) is 5.69 Å². The average Bonchev–Trinajstić information content (AvgIpc) is 2.68. The first-order chi connectivity index (χ1) is 13.3. The quantitative estimate of drug-likeness (QED) is 0.684. The second-order valence-electron chi connectivity index (χ2n) is 5.72. The summed E-state index contributed by atoms with van der Waals surface area (Å²) in [7, 11) is -3.73. The average molecular weight is 401 g/mol. The van der Waals surface area contributed by atoms with Crippen LogP contribution in [0.4, 0.5) is 5.69 Å². The van der Waals surface area contributed by atoms with Crippen molar-refractivity contribution in [3.8, 4) is 6.07 Å². The fourth-order valence-corrected chi connectivity index (χ4v) is 3.36. The van der Waals surface area contributed by atoms with Crippen LogP contribution in [0, 0.1) is 11.3 Å². The van der Waals surface area contributed by atoms with E-state index in [-0.39, 0.29) is 22.6 Å². The molecule has 0 spiro atoms. The SMILES string of the molecule is CCNS(=O)(=O)c1cccc(C(=O)O[C@@H](C)C(=O)Nc2ccccc2C#N)c1. The minimum Gasteiger partial charge on any atom is -0.449 e. The van der Waals surface area contributed by atoms with Crippen LogP contribution in [0.15, 0.2) is 53.4 Å². The van der Waals surface area contributed by atoms with Crippen molar-refractivity contribution in [3.05, 3.63) is 59.7 Å². The van der Waals surface area contributed by atoms with E-state index < -0.39 is 28.0 Å². The zero-order valence-electron chi connectivity index (χ0n) is 15.3. The number of rotatable bonds is 7. The number of hydrogen-bond donors (Lipinski definition) is 2. The molecule has 0 unspecified atom stereocenters. The molecule has 0 aromatic heterocycles. The molecular weight excluding hydrogens is 382 g/mol. The fraction of sp³-hybridized carbons (Fsp3) is 0.211. The highest BCUT2D eigenvalue weighted by molar-refractivity contribution is 7.89. The molecule has 0 aliphatic carbocycles. The van der Waals surface area contributed by atoms with Crippen LogP contribution < -0.4 is 10.0 Å². The Morgan fingerprint density at radius 3 is 2.57 bits per heavy atom. The third kappa shape index (κ3) is 5.16. The molecule has 0 saturated heterocycles. The van der Waals surface area contributed by atoms with Crippen molar-refractivity contribution < 1.29 is 22.7 Å². The Hall–Kier alpha value is -3.22. The molecule has 2 rings (SSSR count). The summed E-state index contributed by atoms with van der Waals surface area (Å²) in [5, 5.41) is 11.6. The Kier molecular flexibility index (Phi) is 6.87. The molecule has 2 aromatic rings. The van der Waals surface area contributed by atoms with Gasteiger partial charge < -0.3 is 10.1 Å². The number of hydrogen-bond acceptors (Lipinski definition) is 6. The van der Waals surface area contributed by atoms with Crippen LogP contribution in [0.5, 0.6) is 0 Å². The number of carbonyl (C=O) groups excluding carboxylic acids is 2. The van der Waals surface area contributed by atoms with Crippen LogP contribution in [0.1, 0.15) is 29.8 Å². The van der Waals surface area contributed by atoms with Crippen molar-refractivity contribution in [2.45, 2.75) is 24.8 Å². The lowest BCUT2D eigenvalue weighted by Gasteiger charge is -2.14. The Labute approximate surface area is 163 Å². The maximum Gasteiger partial charge on any atom is 0.338 e. The predicted octanol–water partition coefficient (Wildman–Crippen LogP) is 2.04. The zero-order chi connectivity index (χ0) is 20.7. The highest BCUT2D eigenvalue weighted by Crippen LogP contribution is 2.16. The van der Waals surface area contributed by atoms with Gasteiger partial charge in [-0.05, 0) is 37.3 Å². The molecule has 8 nitrogen and oxygen atoms in total. The van der Waals surface area contributed by atoms with Crippen molar-refractivity contribution >= 4 is 27.6 Å². The number of carbonyl (C=O) groups is 2. The van der Waals surface area contributed by atoms with Crippen molar-refractivity contribution in [3.63, 3.8) is 0 Å². The minimum atomic E-state index is -3.73. The molecule has 146 valence electrons. The van der Waals surface area contributed by atoms with Crippen LogP contribution in [0.2, 0.25) is 0 Å². The molecule has 28 heavy (non-hydrogen) atoms. The molecule has 1 amide bonds. The number of esters is 1. The van der Waals surface area contributed by atoms with E-state index in [4.69, 9.17) is 10.00 Å². The van der Waals surface area contributed by atoms with Gasteiger partial charge in [-0.2, -0.15) is 5.26 Å². The Morgan fingerprint density at radius 2 is 1.89 bits per heavy atom. The molecule has 2 aromatic carbocycles. The molecule has 0 bridgehead atoms. The Balaban J connectivity index is 2.10. The molecule has 1 atom stereocenters. The summed E-state index contributed by atoms with van der Waals surface area (Å²) in [6.45, 7) is 3.22. The number of ether oxygens (including phenoxy) is 1. The molecular formula is C19H19N3O5S. The van der Waals surface area contributed by atoms with Gasteiger partial charge in [-0.25, -0.2) is 17.9 Å². The lowest BCUT2D eigenvalue weighted by molar-refractivity contribution is -0.123. The van der Waals surface area contributed by atoms with Gasteiger partial charge in [-0.1, -0.05) is 25.1 Å². The molecule has 0 aliphatic heterocycles. The second kappa shape index (κ2) is 9.12. The van der Waals surface area contributed by atoms with Gasteiger partial charge >= 0.3 is 5.97 Å². The summed E-state index contributed by atoms with van der Waals surface area (Å²) in [6, 6.07) is 13.7. The smallest absolute Gasteiger partial charge is 0.338 e. The lowest BCUT2D eigenvalue weighted by atomic mass is 10.2. The third-order valence-corrected chi connectivity index (χ3v) is 5.22. The standard InChI is InChI=1S/C19H19N3O5S/c1-3-21-28(25,26)16-9-6-8-14(11-16)19(24)27-13(2)18(23)22-17-10-5-4-7-15(17)12-20/h4-11,13,21H,3H2,1-2H3,(H,22,23)/t13-/m0/s1. The van der Waals surface area contributed by atoms with E-state index in [0.717, 1.165) is 0 Å². The van der Waals surface area contributed by atoms with E-state index in [1.807, 2.05) is 6.07 Å². The van der Waals surface area contributed by atoms with Gasteiger partial charge in [0.15, 0.2) is 6.10 Å². The van der Waals surface area contributed by atoms with E-state index in [1.165, 1.54) is 31.2 Å². The van der Waals surface area contributed by atoms with E-state index in [1.54, 1.807) is 31.2 Å². The van der Waals surface area contributed by atoms with Gasteiger partial charge in [0.2, 0.25) is 10.0 Å². The molecule has 0 heterocycles. The van der Waals surface area contributed by atoms with Crippen molar-refractivity contribution in [2.75, 3.05) is 11.9 Å². The Morgan fingerprint density at radius 1 is 1.18 bits per heavy atom. The number of benzene rings is 2. The number of sulfonamides is 1. The van der Waals surface area contributed by atoms with Gasteiger partial charge in [0.05, 0.1) is 21.7 Å². The summed E-state index contributed by atoms with van der Waals surface area (Å²) in [4.78, 5) is 24.5. The highest BCUT2D eigenvalue weighted by atomic mass is 32.2. The minimum absolute atomic E-state index is 0.00365. The molecule has 0 aliphatic rings. The number of nitrogens with zero attached hydrogens (tertiary/aromatic N) is 1. The molecule has 0 fully saturated rings. The van der Waals surface area contributed by atoms with Crippen molar-refractivity contribution in [1.29, 1.82) is 5.26 Å². The second-order valence-corrected chi connectivity index (χ2v) is 7.49. The van der Waals surface area contributed by atoms with Crippen molar-refractivity contribution in [2.24, 2.45) is 0 Å². The van der Waals surface area contributed by atoms with Crippen molar-refractivity contribution in [1.82, 2.24) is 4.72 Å². The summed E-state index contributed by atoms with van der Waals surface area (Å²) in [5.41, 5.74) is 0.573. The van der Waals surface area contributed by atoms with Crippen LogP contribution in [-0.2, 0) is 19.6 Å². The molecule has 0 saturated carbocycles. The number of nitriles is 1. The van der Waals surface area contributed by atoms with E-state index in [2.05, 4.69) is 10.0 Å². The zero-order valence-corrected chi connectivity index (χ0v) is 16.1. The number of anilines is 1. The first-order valence-corrected chi connectivity index (χ1v) is 9.87. The fourth-order valence-electron chi connectivity index (χ4n) is 2.27. The van der Waals surface area contributed by atoms with Crippen LogP contribution >= 0.6 is 0 Å². The topological polar surface area (TPSA) is 125 Å². The molecule has 0 radical (unpaired) electrons. The largest absolute Gasteiger partial charge is 0.449 e. The molecule has 9 heteroatoms. The normalized spacial score (nSPS) is 11.9. The first-order valence-electron chi connectivity index (χ1n) is 8.39. The van der Waals surface area contributed by atoms with Gasteiger partial charge in [-0.3, -0.25) is 4.79 Å². The van der Waals surface area contributed by atoms with Gasteiger partial charge in [0, 0.05) is 6.54 Å². The van der Waals surface area contributed by atoms with Crippen LogP contribution in [0.25, 0.3) is 0 Å². The third-order valence-electron chi connectivity index (χ3n) is 3.67. The maximum atomic E-state index is 12.3. The van der Waals surface area contributed by atoms with Crippen LogP contribution in [-0.4, -0.2) is 32.9 Å². The summed E-state index contributed by atoms with van der Waals surface area (Å²) in [5.74, 6) is -1.46. The Bertz CT molecular complexity index is 1030. The molecule has 2 N–H and O–H groups in total. The van der Waals surface area contributed by atoms with Crippen LogP contribution in [0.3, 0.4) is 0 Å². The predicted molar refractivity (Wildman–Crippen MR) is 102 cm³/mol. The number of amides is 1. The van der Waals surface area contributed by atoms with Gasteiger partial charge in [0.1, 0.15) is 6.07 Å². The van der Waals surface area contributed by atoms with Gasteiger partial charge in [-0.15, -0.1) is 0 Å². The van der Waals surface area contributed by atoms with E-state index >= 15 is 0 Å². The lowest BCUT2D eigenvalue weighted by Crippen LogP contribution is -2.30. The van der Waals surface area contributed by atoms with E-state index in [9.17, 15) is 18.0 Å². The van der Waals surface area contributed by atoms with Gasteiger partial charge in [0.25, 0.3) is 5.91 Å². The summed E-state index contributed by atoms with van der Waals surface area (Å²) < 4.78 is 31.5. The maximum absolute atomic E-state index is 12.3. The monoisotopic (exact) mass is 401 g/mol. The summed E-state index contributed by atoms with van der Waals surface area (Å²) in [6.07, 6.45) is -1.16. The highest BCUT2D eigenvalue weighted by Gasteiger charge is 2.21. The first kappa shape index (κ1) is 21.1.